The van der Waals surface area contributed by atoms with Crippen LogP contribution >= 0.6 is 0 Å². The molecule has 1 aromatic rings. The average Bonchev–Trinajstić information content (AvgIpc) is 3.21. The number of hydrogen-bond acceptors (Lipinski definition) is 5. The molecule has 1 N–H and O–H groups in total. The molecule has 2 saturated carbocycles. The molecule has 1 heterocycles. The number of amides is 1. The van der Waals surface area contributed by atoms with Gasteiger partial charge in [0.05, 0.1) is 6.61 Å². The highest BCUT2D eigenvalue weighted by Gasteiger charge is 2.61. The maximum absolute atomic E-state index is 12.5. The Morgan fingerprint density at radius 2 is 2.06 bits per heavy atom. The summed E-state index contributed by atoms with van der Waals surface area (Å²) in [4.78, 5) is 25.0. The van der Waals surface area contributed by atoms with Gasteiger partial charge in [-0.15, -0.1) is 0 Å². The van der Waals surface area contributed by atoms with E-state index in [1.807, 2.05) is 26.0 Å². The predicted molar refractivity (Wildman–Crippen MR) is 121 cm³/mol. The summed E-state index contributed by atoms with van der Waals surface area (Å²) in [5, 5.41) is 12.6. The minimum Gasteiger partial charge on any atom is -0.451 e. The van der Waals surface area contributed by atoms with Gasteiger partial charge in [0.2, 0.25) is 0 Å². The number of nitriles is 1. The van der Waals surface area contributed by atoms with Crippen molar-refractivity contribution in [2.75, 3.05) is 20.3 Å². The Hall–Kier alpha value is -2.59. The van der Waals surface area contributed by atoms with E-state index < -0.39 is 5.97 Å². The van der Waals surface area contributed by atoms with Gasteiger partial charge in [-0.1, -0.05) is 20.8 Å². The van der Waals surface area contributed by atoms with Gasteiger partial charge in [-0.05, 0) is 67.6 Å². The van der Waals surface area contributed by atoms with Crippen LogP contribution in [0, 0.1) is 41.9 Å². The lowest BCUT2D eigenvalue weighted by atomic mass is 9.69. The van der Waals surface area contributed by atoms with Gasteiger partial charge in [-0.2, -0.15) is 5.26 Å². The molecule has 1 aromatic heterocycles. The third kappa shape index (κ3) is 4.21. The van der Waals surface area contributed by atoms with Crippen LogP contribution in [0.25, 0.3) is 6.08 Å². The highest BCUT2D eigenvalue weighted by Crippen LogP contribution is 2.65. The molecule has 3 rings (SSSR count). The minimum atomic E-state index is -0.788. The fraction of sp³-hybridized carbons (Fsp3) is 0.640. The van der Waals surface area contributed by atoms with Crippen LogP contribution in [0.1, 0.15) is 57.0 Å². The smallest absolute Gasteiger partial charge is 0.349 e. The molecule has 0 spiro atoms. The van der Waals surface area contributed by atoms with Crippen LogP contribution in [0.5, 0.6) is 0 Å². The number of aryl methyl sites for hydroxylation is 1. The Morgan fingerprint density at radius 1 is 1.34 bits per heavy atom. The van der Waals surface area contributed by atoms with Crippen LogP contribution < -0.4 is 5.32 Å². The number of carbonyl (C=O) groups excluding carboxylic acids is 2. The Bertz CT molecular complexity index is 969. The highest BCUT2D eigenvalue weighted by atomic mass is 16.5. The zero-order chi connectivity index (χ0) is 23.7. The number of ether oxygens (including phenoxy) is 2. The Morgan fingerprint density at radius 3 is 2.62 bits per heavy atom. The highest BCUT2D eigenvalue weighted by molar-refractivity contribution is 5.99. The maximum Gasteiger partial charge on any atom is 0.349 e. The van der Waals surface area contributed by atoms with Crippen molar-refractivity contribution < 1.29 is 19.1 Å². The Balaban J connectivity index is 1.60. The summed E-state index contributed by atoms with van der Waals surface area (Å²) in [6.07, 6.45) is 4.78. The van der Waals surface area contributed by atoms with Crippen molar-refractivity contribution in [2.24, 2.45) is 16.7 Å². The van der Waals surface area contributed by atoms with Crippen LogP contribution in [0.4, 0.5) is 0 Å². The molecule has 0 saturated heterocycles. The lowest BCUT2D eigenvalue weighted by Gasteiger charge is -2.39. The van der Waals surface area contributed by atoms with E-state index in [0.717, 1.165) is 29.8 Å². The number of hydrogen-bond donors (Lipinski definition) is 1. The zero-order valence-corrected chi connectivity index (χ0v) is 20.1. The molecule has 7 nitrogen and oxygen atoms in total. The number of carbonyl (C=O) groups is 2. The van der Waals surface area contributed by atoms with Crippen molar-refractivity contribution in [2.45, 2.75) is 66.5 Å². The van der Waals surface area contributed by atoms with E-state index in [4.69, 9.17) is 9.47 Å². The minimum absolute atomic E-state index is 0.0560. The van der Waals surface area contributed by atoms with Gasteiger partial charge in [-0.25, -0.2) is 4.79 Å². The molecule has 3 unspecified atom stereocenters. The first kappa shape index (κ1) is 24.1. The molecular weight excluding hydrogens is 406 g/mol. The molecule has 174 valence electrons. The van der Waals surface area contributed by atoms with E-state index in [1.165, 1.54) is 12.5 Å². The maximum atomic E-state index is 12.5. The van der Waals surface area contributed by atoms with Crippen molar-refractivity contribution in [1.82, 2.24) is 9.88 Å². The number of methoxy groups -OCH3 is 1. The van der Waals surface area contributed by atoms with Gasteiger partial charge in [0.25, 0.3) is 5.91 Å². The van der Waals surface area contributed by atoms with Crippen molar-refractivity contribution in [3.8, 4) is 6.07 Å². The second kappa shape index (κ2) is 9.11. The lowest BCUT2D eigenvalue weighted by Crippen LogP contribution is -2.48. The van der Waals surface area contributed by atoms with E-state index in [1.54, 1.807) is 7.11 Å². The summed E-state index contributed by atoms with van der Waals surface area (Å²) < 4.78 is 12.4. The Labute approximate surface area is 190 Å². The van der Waals surface area contributed by atoms with Gasteiger partial charge in [0, 0.05) is 31.1 Å². The normalized spacial score (nSPS) is 26.1. The third-order valence-corrected chi connectivity index (χ3v) is 8.24. The topological polar surface area (TPSA) is 93.3 Å². The number of fused-ring (bicyclic) bond motifs is 2. The average molecular weight is 442 g/mol. The number of rotatable bonds is 8. The van der Waals surface area contributed by atoms with E-state index in [-0.39, 0.29) is 35.0 Å². The fourth-order valence-electron chi connectivity index (χ4n) is 5.66. The molecule has 7 heteroatoms. The first-order chi connectivity index (χ1) is 15.0. The van der Waals surface area contributed by atoms with Crippen LogP contribution in [0.2, 0.25) is 0 Å². The molecule has 0 radical (unpaired) electrons. The first-order valence-corrected chi connectivity index (χ1v) is 11.3. The summed E-state index contributed by atoms with van der Waals surface area (Å²) in [5.74, 6) is -0.497. The van der Waals surface area contributed by atoms with Crippen molar-refractivity contribution in [1.29, 1.82) is 5.26 Å². The lowest BCUT2D eigenvalue weighted by molar-refractivity contribution is -0.144. The molecular formula is C25H35N3O4. The van der Waals surface area contributed by atoms with Crippen LogP contribution in [0.3, 0.4) is 0 Å². The van der Waals surface area contributed by atoms with Gasteiger partial charge in [-0.3, -0.25) is 4.79 Å². The van der Waals surface area contributed by atoms with Gasteiger partial charge in [0.1, 0.15) is 11.6 Å². The second-order valence-electron chi connectivity index (χ2n) is 9.95. The molecule has 2 aliphatic rings. The van der Waals surface area contributed by atoms with E-state index in [9.17, 15) is 14.9 Å². The predicted octanol–water partition coefficient (Wildman–Crippen LogP) is 3.53. The van der Waals surface area contributed by atoms with Crippen LogP contribution in [-0.2, 0) is 25.6 Å². The number of nitrogens with zero attached hydrogens (tertiary/aromatic N) is 2. The molecule has 32 heavy (non-hydrogen) atoms. The van der Waals surface area contributed by atoms with E-state index in [2.05, 4.69) is 30.7 Å². The summed E-state index contributed by atoms with van der Waals surface area (Å²) >= 11 is 0. The molecule has 2 fully saturated rings. The summed E-state index contributed by atoms with van der Waals surface area (Å²) in [5.41, 5.74) is 2.84. The van der Waals surface area contributed by atoms with Crippen LogP contribution in [-0.4, -0.2) is 42.8 Å². The zero-order valence-electron chi connectivity index (χ0n) is 20.1. The van der Waals surface area contributed by atoms with Crippen LogP contribution in [0.15, 0.2) is 11.6 Å². The van der Waals surface area contributed by atoms with Crippen molar-refractivity contribution in [3.05, 3.63) is 28.6 Å². The fourth-order valence-corrected chi connectivity index (χ4v) is 5.66. The molecule has 2 aliphatic carbocycles. The molecule has 0 aliphatic heterocycles. The van der Waals surface area contributed by atoms with Gasteiger partial charge >= 0.3 is 5.97 Å². The van der Waals surface area contributed by atoms with Gasteiger partial charge < -0.3 is 19.4 Å². The third-order valence-electron chi connectivity index (χ3n) is 8.24. The number of esters is 1. The molecule has 3 atom stereocenters. The van der Waals surface area contributed by atoms with Crippen molar-refractivity contribution >= 4 is 18.0 Å². The van der Waals surface area contributed by atoms with Crippen molar-refractivity contribution in [3.63, 3.8) is 0 Å². The quantitative estimate of drug-likeness (QED) is 0.378. The standard InChI is InChI=1S/C25H35N3O4/c1-16-11-18(17(2)28(16)9-10-31-6)12-19(14-26)23(30)32-15-22(29)27-21-13-20-7-8-25(21,5)24(20,3)4/h11-12,20-21H,7-10,13,15H2,1-6H3,(H,27,29). The van der Waals surface area contributed by atoms with E-state index >= 15 is 0 Å². The summed E-state index contributed by atoms with van der Waals surface area (Å²) in [6.45, 7) is 11.6. The monoisotopic (exact) mass is 441 g/mol. The Kier molecular flexibility index (Phi) is 6.85. The second-order valence-corrected chi connectivity index (χ2v) is 9.95. The summed E-state index contributed by atoms with van der Waals surface area (Å²) in [6, 6.07) is 3.91. The molecule has 1 amide bonds. The van der Waals surface area contributed by atoms with Gasteiger partial charge in [0.15, 0.2) is 6.61 Å². The number of nitrogens with one attached hydrogen (secondary N) is 1. The summed E-state index contributed by atoms with van der Waals surface area (Å²) in [7, 11) is 1.65. The SMILES string of the molecule is COCCn1c(C)cc(C=C(C#N)C(=O)OCC(=O)NC2CC3CCC2(C)C3(C)C)c1C. The molecule has 2 bridgehead atoms. The van der Waals surface area contributed by atoms with E-state index in [0.29, 0.717) is 19.1 Å². The number of aromatic nitrogens is 1. The molecule has 0 aromatic carbocycles. The first-order valence-electron chi connectivity index (χ1n) is 11.3. The largest absolute Gasteiger partial charge is 0.451 e.